The van der Waals surface area contributed by atoms with Gasteiger partial charge in [0.1, 0.15) is 17.4 Å². The third kappa shape index (κ3) is 8.45. The minimum Gasteiger partial charge on any atom is -0.386 e. The Kier molecular flexibility index (Phi) is 11.1. The van der Waals surface area contributed by atoms with E-state index < -0.39 is 58.7 Å². The van der Waals surface area contributed by atoms with Crippen molar-refractivity contribution in [3.05, 3.63) is 82.8 Å². The predicted octanol–water partition coefficient (Wildman–Crippen LogP) is 5.50. The smallest absolute Gasteiger partial charge is 0.386 e. The Bertz CT molecular complexity index is 2280. The minimum absolute atomic E-state index is 0.0564. The Balaban J connectivity index is 0.912. The van der Waals surface area contributed by atoms with Crippen LogP contribution in [0.2, 0.25) is 0 Å². The molecule has 4 aromatic rings. The number of carbonyl (C=O) groups excluding carboxylic acids is 5. The third-order valence-corrected chi connectivity index (χ3v) is 11.1. The summed E-state index contributed by atoms with van der Waals surface area (Å²) >= 11 is 0. The molecular weight excluding hydrogens is 757 g/mol. The molecule has 1 saturated carbocycles. The number of imide groups is 2. The molecule has 2 aliphatic heterocycles. The summed E-state index contributed by atoms with van der Waals surface area (Å²) in [5.41, 5.74) is -0.748. The van der Waals surface area contributed by atoms with E-state index in [-0.39, 0.29) is 35.7 Å². The number of aliphatic hydroxyl groups is 1. The number of amides is 5. The molecule has 0 spiro atoms. The number of anilines is 2. The number of hydrogen-bond acceptors (Lipinski definition) is 10. The van der Waals surface area contributed by atoms with Gasteiger partial charge < -0.3 is 20.6 Å². The van der Waals surface area contributed by atoms with Gasteiger partial charge in [0.2, 0.25) is 11.8 Å². The van der Waals surface area contributed by atoms with Crippen molar-refractivity contribution >= 4 is 51.8 Å². The first kappa shape index (κ1) is 40.5. The van der Waals surface area contributed by atoms with E-state index in [1.165, 1.54) is 6.07 Å². The fourth-order valence-electron chi connectivity index (χ4n) is 8.15. The van der Waals surface area contributed by atoms with Gasteiger partial charge in [-0.3, -0.25) is 38.9 Å². The summed E-state index contributed by atoms with van der Waals surface area (Å²) in [4.78, 5) is 70.4. The average molecular weight is 803 g/mol. The van der Waals surface area contributed by atoms with E-state index in [2.05, 4.69) is 32.9 Å². The van der Waals surface area contributed by atoms with Gasteiger partial charge in [-0.1, -0.05) is 12.1 Å². The van der Waals surface area contributed by atoms with E-state index in [1.807, 2.05) is 10.9 Å². The van der Waals surface area contributed by atoms with E-state index >= 15 is 0 Å². The highest BCUT2D eigenvalue weighted by molar-refractivity contribution is 6.25. The van der Waals surface area contributed by atoms with Gasteiger partial charge in [0, 0.05) is 48.0 Å². The monoisotopic (exact) mass is 802 g/mol. The van der Waals surface area contributed by atoms with Gasteiger partial charge in [0.15, 0.2) is 0 Å². The molecule has 58 heavy (non-hydrogen) atoms. The van der Waals surface area contributed by atoms with Crippen LogP contribution < -0.4 is 16.0 Å². The van der Waals surface area contributed by atoms with Crippen molar-refractivity contribution in [1.82, 2.24) is 29.9 Å². The lowest BCUT2D eigenvalue weighted by atomic mass is 9.86. The number of alkyl halides is 3. The maximum atomic E-state index is 13.4. The zero-order valence-electron chi connectivity index (χ0n) is 32.4. The van der Waals surface area contributed by atoms with Crippen LogP contribution in [0.25, 0.3) is 10.9 Å². The SMILES string of the molecule is CN(CCCNc1cccc2c1C(=O)N(C1CCC(=O)NC1=O)C2=O)CC1CCC(n2cc3cc(NC(=O)c4cccc(C(F)(F)F)n4)c(C(C)(C)O)cc3n2)CC1. The lowest BCUT2D eigenvalue weighted by Gasteiger charge is -2.31. The van der Waals surface area contributed by atoms with Crippen molar-refractivity contribution in [2.24, 2.45) is 5.92 Å². The Morgan fingerprint density at radius 3 is 2.43 bits per heavy atom. The van der Waals surface area contributed by atoms with E-state index in [9.17, 15) is 42.3 Å². The zero-order valence-corrected chi connectivity index (χ0v) is 32.4. The summed E-state index contributed by atoms with van der Waals surface area (Å²) in [6.45, 7) is 5.37. The van der Waals surface area contributed by atoms with Crippen molar-refractivity contribution in [1.29, 1.82) is 0 Å². The van der Waals surface area contributed by atoms with Crippen LogP contribution in [0.3, 0.4) is 0 Å². The molecule has 5 amide bonds. The van der Waals surface area contributed by atoms with E-state index in [0.29, 0.717) is 34.6 Å². The number of nitrogens with one attached hydrogen (secondary N) is 3. The molecular formula is C41H45F3N8O6. The van der Waals surface area contributed by atoms with Crippen LogP contribution in [0, 0.1) is 5.92 Å². The maximum absolute atomic E-state index is 13.4. The van der Waals surface area contributed by atoms with Crippen molar-refractivity contribution in [3.8, 4) is 0 Å². The second-order valence-electron chi connectivity index (χ2n) is 15.9. The van der Waals surface area contributed by atoms with Gasteiger partial charge in [-0.25, -0.2) is 4.98 Å². The highest BCUT2D eigenvalue weighted by atomic mass is 19.4. The summed E-state index contributed by atoms with van der Waals surface area (Å²) in [6, 6.07) is 10.6. The maximum Gasteiger partial charge on any atom is 0.433 e. The number of rotatable bonds is 12. The predicted molar refractivity (Wildman–Crippen MR) is 207 cm³/mol. The first-order valence-corrected chi connectivity index (χ1v) is 19.4. The average Bonchev–Trinajstić information content (AvgIpc) is 3.70. The van der Waals surface area contributed by atoms with Gasteiger partial charge in [-0.05, 0) is 108 Å². The van der Waals surface area contributed by atoms with Crippen LogP contribution >= 0.6 is 0 Å². The highest BCUT2D eigenvalue weighted by Gasteiger charge is 2.45. The molecule has 0 bridgehead atoms. The number of pyridine rings is 1. The summed E-state index contributed by atoms with van der Waals surface area (Å²) < 4.78 is 41.6. The second kappa shape index (κ2) is 15.9. The van der Waals surface area contributed by atoms with E-state index in [4.69, 9.17) is 5.10 Å². The molecule has 17 heteroatoms. The minimum atomic E-state index is -4.71. The molecule has 2 fully saturated rings. The summed E-state index contributed by atoms with van der Waals surface area (Å²) in [6.07, 6.45) is 1.89. The molecule has 1 aliphatic carbocycles. The van der Waals surface area contributed by atoms with Crippen molar-refractivity contribution in [2.45, 2.75) is 82.7 Å². The van der Waals surface area contributed by atoms with E-state index in [1.54, 1.807) is 44.2 Å². The zero-order chi connectivity index (χ0) is 41.5. The molecule has 306 valence electrons. The van der Waals surface area contributed by atoms with Crippen LogP contribution in [0.15, 0.2) is 54.7 Å². The molecule has 2 aromatic heterocycles. The number of carbonyl (C=O) groups is 5. The molecule has 7 rings (SSSR count). The molecule has 2 aromatic carbocycles. The molecule has 14 nitrogen and oxygen atoms in total. The van der Waals surface area contributed by atoms with Crippen LogP contribution in [0.4, 0.5) is 24.5 Å². The Morgan fingerprint density at radius 2 is 1.72 bits per heavy atom. The number of fused-ring (bicyclic) bond motifs is 2. The van der Waals surface area contributed by atoms with Gasteiger partial charge in [0.25, 0.3) is 17.7 Å². The number of nitrogens with zero attached hydrogens (tertiary/aromatic N) is 5. The largest absolute Gasteiger partial charge is 0.433 e. The van der Waals surface area contributed by atoms with Gasteiger partial charge in [-0.2, -0.15) is 18.3 Å². The molecule has 1 saturated heterocycles. The molecule has 0 radical (unpaired) electrons. The van der Waals surface area contributed by atoms with Crippen molar-refractivity contribution in [3.63, 3.8) is 0 Å². The van der Waals surface area contributed by atoms with Crippen molar-refractivity contribution < 1.29 is 42.3 Å². The van der Waals surface area contributed by atoms with Crippen LogP contribution in [-0.4, -0.2) is 91.9 Å². The first-order valence-electron chi connectivity index (χ1n) is 19.4. The van der Waals surface area contributed by atoms with Gasteiger partial charge in [-0.15, -0.1) is 0 Å². The molecule has 3 aliphatic rings. The Morgan fingerprint density at radius 1 is 0.983 bits per heavy atom. The number of halogens is 3. The molecule has 1 unspecified atom stereocenters. The summed E-state index contributed by atoms with van der Waals surface area (Å²) in [5, 5.41) is 24.6. The number of piperidine rings is 1. The fraction of sp³-hybridized carbons (Fsp3) is 0.439. The lowest BCUT2D eigenvalue weighted by molar-refractivity contribution is -0.141. The fourth-order valence-corrected chi connectivity index (χ4v) is 8.15. The summed E-state index contributed by atoms with van der Waals surface area (Å²) in [7, 11) is 2.08. The quantitative estimate of drug-likeness (QED) is 0.106. The van der Waals surface area contributed by atoms with Crippen molar-refractivity contribution in [2.75, 3.05) is 37.3 Å². The first-order chi connectivity index (χ1) is 27.5. The Hall–Kier alpha value is -5.68. The number of hydrogen-bond donors (Lipinski definition) is 4. The Labute approximate surface area is 332 Å². The standard InChI is InChI=1S/C41H45F3N8O6/c1-40(2,58)27-20-30-24(19-31(27)47-36(54)29-9-5-10-33(46-29)41(42,43)44)22-51(49-30)25-13-11-23(12-14-25)21-50(3)18-6-17-45-28-8-4-7-26-35(28)39(57)52(38(26)56)32-15-16-34(53)48-37(32)55/h4-5,7-10,19-20,22-23,25,32,45,58H,6,11-18,21H2,1-3H3,(H,47,54)(H,48,53,55). The third-order valence-electron chi connectivity index (χ3n) is 11.1. The highest BCUT2D eigenvalue weighted by Crippen LogP contribution is 2.37. The van der Waals surface area contributed by atoms with Crippen LogP contribution in [0.5, 0.6) is 0 Å². The topological polar surface area (TPSA) is 179 Å². The molecule has 4 N–H and O–H groups in total. The number of benzene rings is 2. The number of aromatic nitrogens is 3. The van der Waals surface area contributed by atoms with E-state index in [0.717, 1.165) is 62.2 Å². The molecule has 1 atom stereocenters. The van der Waals surface area contributed by atoms with Crippen LogP contribution in [-0.2, 0) is 21.4 Å². The normalized spacial score (nSPS) is 20.1. The van der Waals surface area contributed by atoms with Gasteiger partial charge >= 0.3 is 6.18 Å². The summed E-state index contributed by atoms with van der Waals surface area (Å²) in [5.74, 6) is -2.51. The van der Waals surface area contributed by atoms with Crippen LogP contribution in [0.1, 0.15) is 107 Å². The van der Waals surface area contributed by atoms with Gasteiger partial charge in [0.05, 0.1) is 28.3 Å². The second-order valence-corrected chi connectivity index (χ2v) is 15.9. The lowest BCUT2D eigenvalue weighted by Crippen LogP contribution is -2.54. The molecule has 4 heterocycles.